The van der Waals surface area contributed by atoms with Crippen LogP contribution < -0.4 is 10.5 Å². The molecular weight excluding hydrogens is 580 g/mol. The molecule has 0 saturated carbocycles. The number of Topliss-reactive ketones (excluding diaryl/α,β-unsaturated/α-hetero) is 1. The van der Waals surface area contributed by atoms with Gasteiger partial charge in [-0.3, -0.25) is 0 Å². The standard InChI is InChI=1S/C27H35FN3O5.In/c1-6-30(7-2)12-13-31-17(4)23(25(29)33)16(3)24(31)21-14-19(32)15-22(28)27(21,26(34)35)18-8-10-20(36-5)11-9-18;/h8-11,16-17,23H,6-7,12-13,15H2,1-5H3,(H2,29,33)(H,34,35);/b24-21+;. The van der Waals surface area contributed by atoms with Crippen molar-refractivity contribution in [3.8, 4) is 5.75 Å². The number of carbonyl (C=O) groups is 3. The summed E-state index contributed by atoms with van der Waals surface area (Å²) in [4.78, 5) is 43.3. The Morgan fingerprint density at radius 3 is 2.38 bits per heavy atom. The van der Waals surface area contributed by atoms with E-state index < -0.39 is 61.4 Å². The number of carbonyl (C=O) groups excluding carboxylic acids is 2. The summed E-state index contributed by atoms with van der Waals surface area (Å²) >= 11 is -2.48. The molecule has 4 rings (SSSR count). The number of hydrogen-bond acceptors (Lipinski definition) is 6. The molecule has 1 saturated heterocycles. The van der Waals surface area contributed by atoms with Crippen molar-refractivity contribution in [2.75, 3.05) is 33.3 Å². The first-order chi connectivity index (χ1) is 17.5. The van der Waals surface area contributed by atoms with Crippen LogP contribution >= 0.6 is 0 Å². The van der Waals surface area contributed by atoms with E-state index in [4.69, 9.17) is 10.5 Å². The molecule has 1 aromatic rings. The summed E-state index contributed by atoms with van der Waals surface area (Å²) in [7, 11) is 1.51. The second kappa shape index (κ2) is 10.2. The number of carboxylic acid groups (broad SMARTS) is 1. The Balaban J connectivity index is 2.01. The summed E-state index contributed by atoms with van der Waals surface area (Å²) in [5, 5.41) is 10.8. The second-order valence-electron chi connectivity index (χ2n) is 10.2. The van der Waals surface area contributed by atoms with Gasteiger partial charge in [0.25, 0.3) is 0 Å². The van der Waals surface area contributed by atoms with Crippen LogP contribution in [-0.2, 0) is 19.8 Å². The summed E-state index contributed by atoms with van der Waals surface area (Å²) in [6.07, 6.45) is -0.402. The minimum absolute atomic E-state index is 0.285. The number of likely N-dealkylation sites (tertiary alicyclic amines) is 1. The number of aliphatic carboxylic acids is 1. The van der Waals surface area contributed by atoms with Gasteiger partial charge in [-0.15, -0.1) is 0 Å². The number of hydrogen-bond donors (Lipinski definition) is 2. The van der Waals surface area contributed by atoms with Gasteiger partial charge < -0.3 is 0 Å². The molecule has 1 fully saturated rings. The maximum absolute atomic E-state index is 17.0. The van der Waals surface area contributed by atoms with E-state index in [1.807, 2.05) is 18.7 Å². The van der Waals surface area contributed by atoms with Crippen molar-refractivity contribution in [3.05, 3.63) is 41.1 Å². The molecule has 0 aromatic heterocycles. The third-order valence-corrected chi connectivity index (χ3v) is 14.3. The van der Waals surface area contributed by atoms with Gasteiger partial charge in [-0.25, -0.2) is 0 Å². The summed E-state index contributed by atoms with van der Waals surface area (Å²) < 4.78 is 20.5. The molecule has 3 aliphatic rings. The molecule has 1 aromatic carbocycles. The van der Waals surface area contributed by atoms with E-state index in [0.717, 1.165) is 13.1 Å². The molecule has 0 aliphatic carbocycles. The van der Waals surface area contributed by atoms with Crippen LogP contribution in [0.4, 0.5) is 4.39 Å². The quantitative estimate of drug-likeness (QED) is 0.434. The van der Waals surface area contributed by atoms with Crippen LogP contribution in [0.1, 0.15) is 39.7 Å². The molecule has 8 nitrogen and oxygen atoms in total. The fraction of sp³-hybridized carbons (Fsp3) is 0.556. The van der Waals surface area contributed by atoms with Crippen LogP contribution in [0.2, 0.25) is 0 Å². The van der Waals surface area contributed by atoms with Crippen molar-refractivity contribution in [3.63, 3.8) is 0 Å². The number of alkyl halides is 1. The van der Waals surface area contributed by atoms with Gasteiger partial charge in [0, 0.05) is 0 Å². The molecular formula is C27H35FInN3O5. The first-order valence-corrected chi connectivity index (χ1v) is 16.1. The zero-order chi connectivity index (χ0) is 27.3. The second-order valence-corrected chi connectivity index (χ2v) is 15.3. The van der Waals surface area contributed by atoms with Crippen LogP contribution in [0.5, 0.6) is 5.75 Å². The predicted molar refractivity (Wildman–Crippen MR) is 139 cm³/mol. The number of carboxylic acids is 1. The van der Waals surface area contributed by atoms with E-state index in [1.54, 1.807) is 24.3 Å². The number of ketones is 1. The van der Waals surface area contributed by atoms with Crippen molar-refractivity contribution in [2.45, 2.75) is 49.0 Å². The van der Waals surface area contributed by atoms with Gasteiger partial charge in [-0.2, -0.15) is 0 Å². The number of rotatable bonds is 9. The van der Waals surface area contributed by atoms with E-state index in [-0.39, 0.29) is 17.4 Å². The Morgan fingerprint density at radius 2 is 1.86 bits per heavy atom. The Kier molecular flexibility index (Phi) is 7.65. The van der Waals surface area contributed by atoms with Crippen LogP contribution in [0, 0.1) is 11.8 Å². The average molecular weight is 615 g/mol. The molecule has 5 atom stereocenters. The maximum atomic E-state index is 17.0. The zero-order valence-corrected chi connectivity index (χ0v) is 25.4. The SMILES string of the molecule is CCN(CC)CCN1/C(=C2\[C]3=[In][C](F)(CC3=O)C2(C(=O)O)c2ccc(OC)cc2)C(C)C(C(N)=O)C1C. The first kappa shape index (κ1) is 27.8. The number of ether oxygens (including phenoxy) is 1. The molecule has 1 amide bonds. The number of allylic oxidation sites excluding steroid dienone is 1. The van der Waals surface area contributed by atoms with Crippen LogP contribution in [0.3, 0.4) is 0 Å². The molecule has 0 spiro atoms. The topological polar surface area (TPSA) is 113 Å². The molecule has 198 valence electrons. The van der Waals surface area contributed by atoms with Crippen molar-refractivity contribution < 1.29 is 28.6 Å². The number of halogens is 1. The van der Waals surface area contributed by atoms with Crippen LogP contribution in [0.25, 0.3) is 0 Å². The van der Waals surface area contributed by atoms with Gasteiger partial charge in [0.15, 0.2) is 0 Å². The van der Waals surface area contributed by atoms with E-state index in [2.05, 4.69) is 18.7 Å². The molecule has 3 aliphatic heterocycles. The van der Waals surface area contributed by atoms with Gasteiger partial charge in [-0.05, 0) is 0 Å². The van der Waals surface area contributed by atoms with Gasteiger partial charge in [0.05, 0.1) is 0 Å². The Morgan fingerprint density at radius 1 is 1.24 bits per heavy atom. The molecule has 2 bridgehead atoms. The summed E-state index contributed by atoms with van der Waals surface area (Å²) in [5.74, 6) is -2.59. The molecule has 5 unspecified atom stereocenters. The Bertz CT molecular complexity index is 1180. The Labute approximate surface area is 227 Å². The van der Waals surface area contributed by atoms with E-state index in [1.165, 1.54) is 7.11 Å². The fourth-order valence-corrected chi connectivity index (χ4v) is 12.9. The van der Waals surface area contributed by atoms with Crippen LogP contribution in [-0.4, -0.2) is 101 Å². The number of benzene rings is 1. The average Bonchev–Trinajstić information content (AvgIpc) is 3.40. The summed E-state index contributed by atoms with van der Waals surface area (Å²) in [6.45, 7) is 10.8. The van der Waals surface area contributed by atoms with Gasteiger partial charge >= 0.3 is 228 Å². The first-order valence-electron chi connectivity index (χ1n) is 12.8. The van der Waals surface area contributed by atoms with Gasteiger partial charge in [0.2, 0.25) is 0 Å². The normalized spacial score (nSPS) is 32.6. The summed E-state index contributed by atoms with van der Waals surface area (Å²) in [6, 6.07) is 6.13. The number of nitrogens with zero attached hydrogens (tertiary/aromatic N) is 2. The van der Waals surface area contributed by atoms with Crippen molar-refractivity contribution >= 4 is 43.3 Å². The number of fused-ring (bicyclic) bond motifs is 1. The van der Waals surface area contributed by atoms with Crippen molar-refractivity contribution in [1.82, 2.24) is 9.80 Å². The molecule has 3 heterocycles. The molecule has 3 N–H and O–H groups in total. The molecule has 10 heteroatoms. The molecule has 0 radical (unpaired) electrons. The number of likely N-dealkylation sites (N-methyl/N-ethyl adjacent to an activating group) is 1. The van der Waals surface area contributed by atoms with Crippen LogP contribution in [0.15, 0.2) is 35.5 Å². The van der Waals surface area contributed by atoms with Crippen molar-refractivity contribution in [1.29, 1.82) is 0 Å². The number of amides is 1. The Hall–Kier alpha value is -2.20. The minimum atomic E-state index is -2.48. The van der Waals surface area contributed by atoms with Gasteiger partial charge in [0.1, 0.15) is 0 Å². The zero-order valence-electron chi connectivity index (χ0n) is 22.1. The third kappa shape index (κ3) is 4.06. The van der Waals surface area contributed by atoms with E-state index in [0.29, 0.717) is 33.4 Å². The predicted octanol–water partition coefficient (Wildman–Crippen LogP) is 1.58. The number of methoxy groups -OCH3 is 1. The van der Waals surface area contributed by atoms with Gasteiger partial charge in [-0.1, -0.05) is 0 Å². The van der Waals surface area contributed by atoms with Crippen molar-refractivity contribution in [2.24, 2.45) is 17.6 Å². The molecule has 37 heavy (non-hydrogen) atoms. The fourth-order valence-electron chi connectivity index (χ4n) is 6.75. The number of primary amides is 1. The monoisotopic (exact) mass is 615 g/mol. The van der Waals surface area contributed by atoms with E-state index >= 15 is 4.39 Å². The van der Waals surface area contributed by atoms with E-state index in [9.17, 15) is 19.5 Å². The third-order valence-electron chi connectivity index (χ3n) is 8.63. The number of nitrogens with two attached hydrogens (primary N) is 1. The summed E-state index contributed by atoms with van der Waals surface area (Å²) in [5.41, 5.74) is 5.01.